The first-order chi connectivity index (χ1) is 7.69. The van der Waals surface area contributed by atoms with Crippen molar-refractivity contribution in [3.8, 4) is 5.75 Å². The summed E-state index contributed by atoms with van der Waals surface area (Å²) in [6, 6.07) is 5.17. The number of ether oxygens (including phenoxy) is 1. The molecule has 16 heavy (non-hydrogen) atoms. The maximum Gasteiger partial charge on any atom is 0.162 e. The molecule has 0 spiro atoms. The fourth-order valence-corrected chi connectivity index (χ4v) is 1.78. The van der Waals surface area contributed by atoms with Crippen LogP contribution in [-0.2, 0) is 0 Å². The summed E-state index contributed by atoms with van der Waals surface area (Å²) >= 11 is 5.96. The average molecular weight is 241 g/mol. The SMILES string of the molecule is CCCCCC(=O)c1ccc(OC)c(Cl)c1. The van der Waals surface area contributed by atoms with Gasteiger partial charge in [0.2, 0.25) is 0 Å². The highest BCUT2D eigenvalue weighted by Crippen LogP contribution is 2.25. The average Bonchev–Trinajstić information content (AvgIpc) is 2.29. The maximum atomic E-state index is 11.8. The Hall–Kier alpha value is -1.02. The molecule has 2 nitrogen and oxygen atoms in total. The van der Waals surface area contributed by atoms with Gasteiger partial charge in [0.1, 0.15) is 5.75 Å². The molecule has 0 aromatic heterocycles. The summed E-state index contributed by atoms with van der Waals surface area (Å²) in [6.45, 7) is 2.12. The number of ketones is 1. The van der Waals surface area contributed by atoms with Crippen LogP contribution in [0.4, 0.5) is 0 Å². The van der Waals surface area contributed by atoms with Gasteiger partial charge in [-0.15, -0.1) is 0 Å². The Bertz CT molecular complexity index is 361. The fraction of sp³-hybridized carbons (Fsp3) is 0.462. The molecule has 88 valence electrons. The summed E-state index contributed by atoms with van der Waals surface area (Å²) in [5.74, 6) is 0.754. The molecule has 0 radical (unpaired) electrons. The van der Waals surface area contributed by atoms with Crippen molar-refractivity contribution < 1.29 is 9.53 Å². The largest absolute Gasteiger partial charge is 0.495 e. The van der Waals surface area contributed by atoms with Crippen LogP contribution >= 0.6 is 11.6 Å². The van der Waals surface area contributed by atoms with Crippen LogP contribution in [0, 0.1) is 0 Å². The smallest absolute Gasteiger partial charge is 0.162 e. The standard InChI is InChI=1S/C13H17ClO2/c1-3-4-5-6-12(15)10-7-8-13(16-2)11(14)9-10/h7-9H,3-6H2,1-2H3. The van der Waals surface area contributed by atoms with Gasteiger partial charge in [-0.1, -0.05) is 31.4 Å². The molecule has 0 unspecified atom stereocenters. The number of benzene rings is 1. The predicted molar refractivity (Wildman–Crippen MR) is 66.5 cm³/mol. The van der Waals surface area contributed by atoms with E-state index in [0.717, 1.165) is 19.3 Å². The molecule has 0 N–H and O–H groups in total. The molecular formula is C13H17ClO2. The van der Waals surface area contributed by atoms with E-state index in [1.54, 1.807) is 25.3 Å². The van der Waals surface area contributed by atoms with Crippen LogP contribution in [0.3, 0.4) is 0 Å². The monoisotopic (exact) mass is 240 g/mol. The Morgan fingerprint density at radius 2 is 2.12 bits per heavy atom. The van der Waals surface area contributed by atoms with Crippen LogP contribution in [0.1, 0.15) is 43.0 Å². The molecular weight excluding hydrogens is 224 g/mol. The number of Topliss-reactive ketones (excluding diaryl/α,β-unsaturated/α-hetero) is 1. The molecule has 0 bridgehead atoms. The van der Waals surface area contributed by atoms with E-state index in [4.69, 9.17) is 16.3 Å². The summed E-state index contributed by atoms with van der Waals surface area (Å²) in [5.41, 5.74) is 0.668. The number of halogens is 1. The van der Waals surface area contributed by atoms with E-state index >= 15 is 0 Å². The minimum Gasteiger partial charge on any atom is -0.495 e. The molecule has 0 aliphatic carbocycles. The lowest BCUT2D eigenvalue weighted by molar-refractivity contribution is 0.0979. The first kappa shape index (κ1) is 13.0. The van der Waals surface area contributed by atoms with Crippen molar-refractivity contribution in [1.29, 1.82) is 0 Å². The molecule has 1 aromatic carbocycles. The van der Waals surface area contributed by atoms with E-state index in [0.29, 0.717) is 22.8 Å². The Morgan fingerprint density at radius 3 is 2.69 bits per heavy atom. The van der Waals surface area contributed by atoms with E-state index in [-0.39, 0.29) is 5.78 Å². The molecule has 0 atom stereocenters. The van der Waals surface area contributed by atoms with Crippen LogP contribution in [0.5, 0.6) is 5.75 Å². The third kappa shape index (κ3) is 3.53. The van der Waals surface area contributed by atoms with Gasteiger partial charge in [-0.05, 0) is 24.6 Å². The lowest BCUT2D eigenvalue weighted by Gasteiger charge is -2.05. The zero-order chi connectivity index (χ0) is 12.0. The van der Waals surface area contributed by atoms with Gasteiger partial charge < -0.3 is 4.74 Å². The van der Waals surface area contributed by atoms with Gasteiger partial charge in [-0.2, -0.15) is 0 Å². The van der Waals surface area contributed by atoms with Gasteiger partial charge in [0.25, 0.3) is 0 Å². The summed E-state index contributed by atoms with van der Waals surface area (Å²) < 4.78 is 5.03. The van der Waals surface area contributed by atoms with E-state index in [2.05, 4.69) is 6.92 Å². The number of carbonyl (C=O) groups excluding carboxylic acids is 1. The normalized spacial score (nSPS) is 10.2. The van der Waals surface area contributed by atoms with Crippen molar-refractivity contribution in [2.24, 2.45) is 0 Å². The third-order valence-corrected chi connectivity index (χ3v) is 2.78. The molecule has 0 aliphatic heterocycles. The minimum atomic E-state index is 0.151. The number of hydrogen-bond acceptors (Lipinski definition) is 2. The highest BCUT2D eigenvalue weighted by atomic mass is 35.5. The topological polar surface area (TPSA) is 26.3 Å². The number of carbonyl (C=O) groups is 1. The summed E-state index contributed by atoms with van der Waals surface area (Å²) in [6.07, 6.45) is 3.75. The zero-order valence-corrected chi connectivity index (χ0v) is 10.5. The van der Waals surface area contributed by atoms with Crippen molar-refractivity contribution in [2.45, 2.75) is 32.6 Å². The summed E-state index contributed by atoms with van der Waals surface area (Å²) in [4.78, 5) is 11.8. The Labute approximate surface area is 102 Å². The van der Waals surface area contributed by atoms with Crippen molar-refractivity contribution >= 4 is 17.4 Å². The van der Waals surface area contributed by atoms with Gasteiger partial charge in [-0.3, -0.25) is 4.79 Å². The zero-order valence-electron chi connectivity index (χ0n) is 9.75. The predicted octanol–water partition coefficient (Wildman–Crippen LogP) is 4.11. The van der Waals surface area contributed by atoms with Crippen LogP contribution in [0.15, 0.2) is 18.2 Å². The fourth-order valence-electron chi connectivity index (χ4n) is 1.52. The third-order valence-electron chi connectivity index (χ3n) is 2.48. The Morgan fingerprint density at radius 1 is 1.38 bits per heavy atom. The van der Waals surface area contributed by atoms with Gasteiger partial charge in [0, 0.05) is 12.0 Å². The minimum absolute atomic E-state index is 0.151. The van der Waals surface area contributed by atoms with E-state index in [1.165, 1.54) is 0 Å². The van der Waals surface area contributed by atoms with E-state index in [9.17, 15) is 4.79 Å². The van der Waals surface area contributed by atoms with Crippen molar-refractivity contribution in [3.05, 3.63) is 28.8 Å². The van der Waals surface area contributed by atoms with Crippen LogP contribution in [0.25, 0.3) is 0 Å². The second-order valence-corrected chi connectivity index (χ2v) is 4.14. The second kappa shape index (κ2) is 6.54. The van der Waals surface area contributed by atoms with Crippen molar-refractivity contribution in [2.75, 3.05) is 7.11 Å². The first-order valence-electron chi connectivity index (χ1n) is 5.55. The van der Waals surface area contributed by atoms with E-state index in [1.807, 2.05) is 0 Å². The number of methoxy groups -OCH3 is 1. The molecule has 0 saturated heterocycles. The first-order valence-corrected chi connectivity index (χ1v) is 5.93. The highest BCUT2D eigenvalue weighted by Gasteiger charge is 2.08. The van der Waals surface area contributed by atoms with Gasteiger partial charge in [0.15, 0.2) is 5.78 Å². The van der Waals surface area contributed by atoms with Crippen LogP contribution in [-0.4, -0.2) is 12.9 Å². The lowest BCUT2D eigenvalue weighted by atomic mass is 10.0. The number of unbranched alkanes of at least 4 members (excludes halogenated alkanes) is 2. The molecule has 0 heterocycles. The number of rotatable bonds is 6. The maximum absolute atomic E-state index is 11.8. The van der Waals surface area contributed by atoms with Gasteiger partial charge in [-0.25, -0.2) is 0 Å². The molecule has 1 rings (SSSR count). The lowest BCUT2D eigenvalue weighted by Crippen LogP contribution is -1.99. The Kier molecular flexibility index (Phi) is 5.33. The van der Waals surface area contributed by atoms with E-state index < -0.39 is 0 Å². The quantitative estimate of drug-likeness (QED) is 0.553. The molecule has 0 aliphatic rings. The van der Waals surface area contributed by atoms with Crippen molar-refractivity contribution in [3.63, 3.8) is 0 Å². The summed E-state index contributed by atoms with van der Waals surface area (Å²) in [7, 11) is 1.56. The molecule has 0 amide bonds. The Balaban J connectivity index is 2.66. The number of hydrogen-bond donors (Lipinski definition) is 0. The van der Waals surface area contributed by atoms with Gasteiger partial charge >= 0.3 is 0 Å². The van der Waals surface area contributed by atoms with Crippen LogP contribution in [0.2, 0.25) is 5.02 Å². The molecule has 3 heteroatoms. The van der Waals surface area contributed by atoms with Crippen LogP contribution < -0.4 is 4.74 Å². The molecule has 0 saturated carbocycles. The summed E-state index contributed by atoms with van der Waals surface area (Å²) in [5, 5.41) is 0.490. The molecule has 0 fully saturated rings. The second-order valence-electron chi connectivity index (χ2n) is 3.73. The van der Waals surface area contributed by atoms with Crippen molar-refractivity contribution in [1.82, 2.24) is 0 Å². The van der Waals surface area contributed by atoms with Gasteiger partial charge in [0.05, 0.1) is 12.1 Å². The highest BCUT2D eigenvalue weighted by molar-refractivity contribution is 6.32. The molecule has 1 aromatic rings.